The third-order valence-electron chi connectivity index (χ3n) is 5.78. The Labute approximate surface area is 173 Å². The normalized spacial score (nSPS) is 15.2. The number of rotatable bonds is 3. The first-order valence-electron chi connectivity index (χ1n) is 10.0. The first-order chi connectivity index (χ1) is 14.6. The van der Waals surface area contributed by atoms with Gasteiger partial charge >= 0.3 is 5.63 Å². The highest BCUT2D eigenvalue weighted by Crippen LogP contribution is 2.18. The lowest BCUT2D eigenvalue weighted by Gasteiger charge is -2.34. The molecule has 7 nitrogen and oxygen atoms in total. The molecule has 0 atom stereocenters. The summed E-state index contributed by atoms with van der Waals surface area (Å²) in [6.45, 7) is 3.32. The highest BCUT2D eigenvalue weighted by Gasteiger charge is 2.25. The zero-order chi connectivity index (χ0) is 20.7. The van der Waals surface area contributed by atoms with E-state index in [0.717, 1.165) is 41.9 Å². The van der Waals surface area contributed by atoms with Crippen LogP contribution in [0.4, 0.5) is 0 Å². The van der Waals surface area contributed by atoms with Gasteiger partial charge in [0.05, 0.1) is 17.6 Å². The standard InChI is InChI=1S/C23H22N4O3/c1-25-19-8-4-3-7-18(19)24-21(25)15-26-10-12-27(13-11-26)22(28)17-14-16-6-2-5-9-20(16)30-23(17)29/h2-9,14H,10-13,15H2,1H3. The summed E-state index contributed by atoms with van der Waals surface area (Å²) in [5.41, 5.74) is 2.11. The van der Waals surface area contributed by atoms with Gasteiger partial charge < -0.3 is 13.9 Å². The lowest BCUT2D eigenvalue weighted by Crippen LogP contribution is -2.49. The van der Waals surface area contributed by atoms with E-state index in [1.54, 1.807) is 23.1 Å². The predicted octanol–water partition coefficient (Wildman–Crippen LogP) is 2.64. The second-order valence-corrected chi connectivity index (χ2v) is 7.63. The number of imidazole rings is 1. The molecular weight excluding hydrogens is 380 g/mol. The van der Waals surface area contributed by atoms with E-state index in [9.17, 15) is 9.59 Å². The molecule has 1 amide bonds. The van der Waals surface area contributed by atoms with Gasteiger partial charge in [0.2, 0.25) is 0 Å². The zero-order valence-corrected chi connectivity index (χ0v) is 16.7. The summed E-state index contributed by atoms with van der Waals surface area (Å²) in [6.07, 6.45) is 0. The van der Waals surface area contributed by atoms with Crippen LogP contribution in [0.25, 0.3) is 22.0 Å². The van der Waals surface area contributed by atoms with Crippen LogP contribution in [0.3, 0.4) is 0 Å². The molecule has 2 aromatic carbocycles. The number of hydrogen-bond donors (Lipinski definition) is 0. The Balaban J connectivity index is 1.28. The highest BCUT2D eigenvalue weighted by molar-refractivity contribution is 5.96. The molecule has 4 aromatic rings. The molecule has 0 spiro atoms. The van der Waals surface area contributed by atoms with E-state index in [1.165, 1.54) is 0 Å². The Kier molecular flexibility index (Phi) is 4.59. The van der Waals surface area contributed by atoms with E-state index in [2.05, 4.69) is 15.5 Å². The van der Waals surface area contributed by atoms with Crippen molar-refractivity contribution >= 4 is 27.9 Å². The summed E-state index contributed by atoms with van der Waals surface area (Å²) in [5.74, 6) is 0.739. The summed E-state index contributed by atoms with van der Waals surface area (Å²) in [7, 11) is 2.03. The van der Waals surface area contributed by atoms with Crippen LogP contribution < -0.4 is 5.63 Å². The topological polar surface area (TPSA) is 71.6 Å². The van der Waals surface area contributed by atoms with Gasteiger partial charge in [0.25, 0.3) is 5.91 Å². The summed E-state index contributed by atoms with van der Waals surface area (Å²) in [6, 6.07) is 17.0. The second-order valence-electron chi connectivity index (χ2n) is 7.63. The number of amides is 1. The van der Waals surface area contributed by atoms with Crippen molar-refractivity contribution in [3.05, 3.63) is 76.4 Å². The van der Waals surface area contributed by atoms with Gasteiger partial charge in [-0.05, 0) is 24.3 Å². The smallest absolute Gasteiger partial charge is 0.349 e. The number of fused-ring (bicyclic) bond motifs is 2. The molecule has 0 saturated carbocycles. The maximum Gasteiger partial charge on any atom is 0.349 e. The summed E-state index contributed by atoms with van der Waals surface area (Å²) >= 11 is 0. The average molecular weight is 402 g/mol. The number of piperazine rings is 1. The molecule has 0 unspecified atom stereocenters. The number of carbonyl (C=O) groups excluding carboxylic acids is 1. The number of aryl methyl sites for hydroxylation is 1. The second kappa shape index (κ2) is 7.42. The fourth-order valence-corrected chi connectivity index (χ4v) is 4.03. The fraction of sp³-hybridized carbons (Fsp3) is 0.261. The van der Waals surface area contributed by atoms with Crippen LogP contribution in [0.5, 0.6) is 0 Å². The van der Waals surface area contributed by atoms with Gasteiger partial charge in [-0.1, -0.05) is 30.3 Å². The zero-order valence-electron chi connectivity index (χ0n) is 16.7. The van der Waals surface area contributed by atoms with Crippen molar-refractivity contribution in [2.24, 2.45) is 7.05 Å². The van der Waals surface area contributed by atoms with Crippen LogP contribution in [0, 0.1) is 0 Å². The van der Waals surface area contributed by atoms with Gasteiger partial charge in [-0.3, -0.25) is 9.69 Å². The van der Waals surface area contributed by atoms with E-state index in [4.69, 9.17) is 9.40 Å². The third-order valence-corrected chi connectivity index (χ3v) is 5.78. The fourth-order valence-electron chi connectivity index (χ4n) is 4.03. The molecule has 0 bridgehead atoms. The molecule has 0 aliphatic carbocycles. The van der Waals surface area contributed by atoms with Gasteiger partial charge in [0, 0.05) is 38.6 Å². The van der Waals surface area contributed by atoms with Crippen molar-refractivity contribution in [2.75, 3.05) is 26.2 Å². The van der Waals surface area contributed by atoms with Crippen LogP contribution >= 0.6 is 0 Å². The van der Waals surface area contributed by atoms with Crippen molar-refractivity contribution in [2.45, 2.75) is 6.54 Å². The van der Waals surface area contributed by atoms with E-state index >= 15 is 0 Å². The molecule has 3 heterocycles. The molecule has 1 aliphatic rings. The van der Waals surface area contributed by atoms with E-state index in [-0.39, 0.29) is 11.5 Å². The van der Waals surface area contributed by atoms with Crippen LogP contribution in [0.2, 0.25) is 0 Å². The Morgan fingerprint density at radius 3 is 2.57 bits per heavy atom. The molecule has 0 radical (unpaired) electrons. The van der Waals surface area contributed by atoms with Gasteiger partial charge in [-0.15, -0.1) is 0 Å². The quantitative estimate of drug-likeness (QED) is 0.493. The third kappa shape index (κ3) is 3.27. The Morgan fingerprint density at radius 1 is 1.03 bits per heavy atom. The Hall–Kier alpha value is -3.45. The SMILES string of the molecule is Cn1c(CN2CCN(C(=O)c3cc4ccccc4oc3=O)CC2)nc2ccccc21. The van der Waals surface area contributed by atoms with Crippen LogP contribution in [0.1, 0.15) is 16.2 Å². The summed E-state index contributed by atoms with van der Waals surface area (Å²) < 4.78 is 7.44. The number of benzene rings is 2. The summed E-state index contributed by atoms with van der Waals surface area (Å²) in [4.78, 5) is 34.0. The van der Waals surface area contributed by atoms with E-state index in [0.29, 0.717) is 18.7 Å². The minimum Gasteiger partial charge on any atom is -0.422 e. The molecule has 2 aromatic heterocycles. The van der Waals surface area contributed by atoms with Crippen LogP contribution in [0.15, 0.2) is 63.8 Å². The predicted molar refractivity (Wildman–Crippen MR) is 114 cm³/mol. The number of aromatic nitrogens is 2. The number of hydrogen-bond acceptors (Lipinski definition) is 5. The van der Waals surface area contributed by atoms with Crippen molar-refractivity contribution in [1.29, 1.82) is 0 Å². The van der Waals surface area contributed by atoms with Crippen LogP contribution in [-0.2, 0) is 13.6 Å². The summed E-state index contributed by atoms with van der Waals surface area (Å²) in [5, 5.41) is 0.751. The lowest BCUT2D eigenvalue weighted by molar-refractivity contribution is 0.0620. The molecule has 1 aliphatic heterocycles. The highest BCUT2D eigenvalue weighted by atomic mass is 16.4. The van der Waals surface area contributed by atoms with Crippen molar-refractivity contribution in [3.8, 4) is 0 Å². The van der Waals surface area contributed by atoms with Crippen molar-refractivity contribution < 1.29 is 9.21 Å². The average Bonchev–Trinajstić information content (AvgIpc) is 3.09. The number of carbonyl (C=O) groups is 1. The van der Waals surface area contributed by atoms with Crippen molar-refractivity contribution in [1.82, 2.24) is 19.4 Å². The van der Waals surface area contributed by atoms with Gasteiger partial charge in [0.15, 0.2) is 0 Å². The Morgan fingerprint density at radius 2 is 1.77 bits per heavy atom. The molecule has 0 N–H and O–H groups in total. The molecular formula is C23H22N4O3. The van der Waals surface area contributed by atoms with Gasteiger partial charge in [-0.25, -0.2) is 9.78 Å². The molecule has 7 heteroatoms. The molecule has 1 saturated heterocycles. The van der Waals surface area contributed by atoms with Gasteiger partial charge in [0.1, 0.15) is 17.0 Å². The Bertz CT molecular complexity index is 1300. The molecule has 1 fully saturated rings. The minimum absolute atomic E-state index is 0.0949. The molecule has 5 rings (SSSR count). The maximum absolute atomic E-state index is 12.9. The van der Waals surface area contributed by atoms with E-state index in [1.807, 2.05) is 37.4 Å². The largest absolute Gasteiger partial charge is 0.422 e. The first-order valence-corrected chi connectivity index (χ1v) is 10.0. The minimum atomic E-state index is -0.583. The van der Waals surface area contributed by atoms with Gasteiger partial charge in [-0.2, -0.15) is 0 Å². The molecule has 152 valence electrons. The molecule has 30 heavy (non-hydrogen) atoms. The first kappa shape index (κ1) is 18.6. The van der Waals surface area contributed by atoms with Crippen LogP contribution in [-0.4, -0.2) is 51.4 Å². The maximum atomic E-state index is 12.9. The number of para-hydroxylation sites is 3. The lowest BCUT2D eigenvalue weighted by atomic mass is 10.1. The monoisotopic (exact) mass is 402 g/mol. The number of nitrogens with zero attached hydrogens (tertiary/aromatic N) is 4. The van der Waals surface area contributed by atoms with E-state index < -0.39 is 5.63 Å². The van der Waals surface area contributed by atoms with Crippen molar-refractivity contribution in [3.63, 3.8) is 0 Å².